The van der Waals surface area contributed by atoms with Crippen LogP contribution in [0.15, 0.2) is 24.3 Å². The summed E-state index contributed by atoms with van der Waals surface area (Å²) in [6.07, 6.45) is -4.71. The molecule has 1 saturated carbocycles. The van der Waals surface area contributed by atoms with E-state index in [1.807, 2.05) is 0 Å². The van der Waals surface area contributed by atoms with E-state index in [9.17, 15) is 25.5 Å². The number of aliphatic hydroxyl groups is 4. The van der Waals surface area contributed by atoms with E-state index in [4.69, 9.17) is 9.47 Å². The number of nitrogens with one attached hydrogen (secondary N) is 1. The van der Waals surface area contributed by atoms with Crippen LogP contribution in [0.4, 0.5) is 0 Å². The van der Waals surface area contributed by atoms with E-state index in [0.29, 0.717) is 12.3 Å². The molecule has 1 aliphatic carbocycles. The molecular formula is C16H25NO7. The van der Waals surface area contributed by atoms with E-state index >= 15 is 0 Å². The van der Waals surface area contributed by atoms with Gasteiger partial charge in [0.25, 0.3) is 0 Å². The van der Waals surface area contributed by atoms with Gasteiger partial charge in [0.15, 0.2) is 6.29 Å². The molecule has 0 heterocycles. The normalized spacial score (nSPS) is 31.1. The highest BCUT2D eigenvalue weighted by molar-refractivity contribution is 5.30. The first-order chi connectivity index (χ1) is 11.5. The van der Waals surface area contributed by atoms with Gasteiger partial charge in [-0.3, -0.25) is 0 Å². The first-order valence-corrected chi connectivity index (χ1v) is 7.86. The molecule has 8 nitrogen and oxygen atoms in total. The fourth-order valence-corrected chi connectivity index (χ4v) is 2.94. The summed E-state index contributed by atoms with van der Waals surface area (Å²) >= 11 is 0. The Kier molecular flexibility index (Phi) is 6.79. The van der Waals surface area contributed by atoms with Crippen LogP contribution in [0, 0.1) is 11.8 Å². The number of benzene rings is 1. The Balaban J connectivity index is 2.08. The number of likely N-dealkylation sites (N-methyl/N-ethyl adjacent to an activating group) is 1. The number of ether oxygens (including phenoxy) is 2. The van der Waals surface area contributed by atoms with Gasteiger partial charge >= 0.3 is 0 Å². The fraction of sp³-hybridized carbons (Fsp3) is 0.625. The van der Waals surface area contributed by atoms with Gasteiger partial charge in [0.1, 0.15) is 23.7 Å². The summed E-state index contributed by atoms with van der Waals surface area (Å²) in [6.45, 7) is 0.300. The minimum absolute atomic E-state index is 0.0688. The second kappa shape index (κ2) is 8.61. The van der Waals surface area contributed by atoms with Crippen LogP contribution in [-0.2, 0) is 4.74 Å². The van der Waals surface area contributed by atoms with Crippen molar-refractivity contribution in [1.29, 1.82) is 0 Å². The third-order valence-corrected chi connectivity index (χ3v) is 4.28. The first kappa shape index (κ1) is 18.9. The Labute approximate surface area is 140 Å². The lowest BCUT2D eigenvalue weighted by molar-refractivity contribution is -0.174. The van der Waals surface area contributed by atoms with Crippen molar-refractivity contribution in [3.05, 3.63) is 24.3 Å². The summed E-state index contributed by atoms with van der Waals surface area (Å²) in [4.78, 5) is 0. The average molecular weight is 343 g/mol. The van der Waals surface area contributed by atoms with Crippen LogP contribution in [-0.4, -0.2) is 76.9 Å². The standard InChI is InChI=1S/C16H25NO7/c1-17-6-7-23-16(22)12-13(20)11(8-18)15(14(12)21)24-10-4-2-9(19)3-5-10/h2-5,11-22H,6-8H2,1H3. The second-order valence-electron chi connectivity index (χ2n) is 5.85. The summed E-state index contributed by atoms with van der Waals surface area (Å²) in [7, 11) is 1.73. The molecule has 0 saturated heterocycles. The summed E-state index contributed by atoms with van der Waals surface area (Å²) in [5, 5.41) is 52.6. The molecule has 1 aromatic rings. The van der Waals surface area contributed by atoms with Gasteiger partial charge in [-0.1, -0.05) is 0 Å². The van der Waals surface area contributed by atoms with E-state index in [1.165, 1.54) is 24.3 Å². The molecule has 136 valence electrons. The minimum atomic E-state index is -1.38. The van der Waals surface area contributed by atoms with Gasteiger partial charge in [-0.25, -0.2) is 0 Å². The van der Waals surface area contributed by atoms with Crippen molar-refractivity contribution >= 4 is 0 Å². The van der Waals surface area contributed by atoms with Gasteiger partial charge in [-0.2, -0.15) is 0 Å². The molecule has 0 spiro atoms. The molecule has 1 aliphatic rings. The van der Waals surface area contributed by atoms with Gasteiger partial charge in [-0.15, -0.1) is 0 Å². The molecule has 6 atom stereocenters. The van der Waals surface area contributed by atoms with Crippen molar-refractivity contribution in [2.24, 2.45) is 11.8 Å². The Hall–Kier alpha value is -1.42. The first-order valence-electron chi connectivity index (χ1n) is 7.86. The van der Waals surface area contributed by atoms with Crippen LogP contribution >= 0.6 is 0 Å². The number of phenols is 1. The highest BCUT2D eigenvalue weighted by Crippen LogP contribution is 2.37. The van der Waals surface area contributed by atoms with Crippen LogP contribution < -0.4 is 10.1 Å². The molecule has 1 aromatic carbocycles. The lowest BCUT2D eigenvalue weighted by Gasteiger charge is -2.25. The van der Waals surface area contributed by atoms with Crippen molar-refractivity contribution in [1.82, 2.24) is 5.32 Å². The Bertz CT molecular complexity index is 498. The highest BCUT2D eigenvalue weighted by Gasteiger charge is 2.53. The molecule has 6 unspecified atom stereocenters. The van der Waals surface area contributed by atoms with E-state index in [-0.39, 0.29) is 12.4 Å². The molecule has 2 rings (SSSR count). The molecule has 0 radical (unpaired) electrons. The maximum absolute atomic E-state index is 10.5. The zero-order chi connectivity index (χ0) is 17.7. The highest BCUT2D eigenvalue weighted by atomic mass is 16.6. The van der Waals surface area contributed by atoms with E-state index in [2.05, 4.69) is 5.32 Å². The lowest BCUT2D eigenvalue weighted by atomic mass is 10.00. The predicted molar refractivity (Wildman–Crippen MR) is 84.5 cm³/mol. The van der Waals surface area contributed by atoms with Crippen LogP contribution in [0.25, 0.3) is 0 Å². The predicted octanol–water partition coefficient (Wildman–Crippen LogP) is -1.35. The molecule has 0 bridgehead atoms. The maximum atomic E-state index is 10.5. The summed E-state index contributed by atoms with van der Waals surface area (Å²) in [6, 6.07) is 5.87. The number of aromatic hydroxyl groups is 1. The van der Waals surface area contributed by atoms with Crippen molar-refractivity contribution in [2.45, 2.75) is 24.6 Å². The molecule has 6 N–H and O–H groups in total. The lowest BCUT2D eigenvalue weighted by Crippen LogP contribution is -2.40. The third-order valence-electron chi connectivity index (χ3n) is 4.28. The Morgan fingerprint density at radius 1 is 1.17 bits per heavy atom. The molecule has 8 heteroatoms. The number of hydrogen-bond donors (Lipinski definition) is 6. The average Bonchev–Trinajstić information content (AvgIpc) is 2.79. The van der Waals surface area contributed by atoms with E-state index in [0.717, 1.165) is 0 Å². The monoisotopic (exact) mass is 343 g/mol. The molecule has 24 heavy (non-hydrogen) atoms. The van der Waals surface area contributed by atoms with Gasteiger partial charge < -0.3 is 40.3 Å². The zero-order valence-electron chi connectivity index (χ0n) is 13.4. The summed E-state index contributed by atoms with van der Waals surface area (Å²) in [5.41, 5.74) is 0. The van der Waals surface area contributed by atoms with Crippen molar-refractivity contribution in [2.75, 3.05) is 26.8 Å². The number of rotatable bonds is 8. The maximum Gasteiger partial charge on any atom is 0.162 e. The molecule has 0 aromatic heterocycles. The third kappa shape index (κ3) is 4.15. The summed E-state index contributed by atoms with van der Waals surface area (Å²) < 4.78 is 10.9. The number of phenolic OH excluding ortho intramolecular Hbond substituents is 1. The smallest absolute Gasteiger partial charge is 0.162 e. The van der Waals surface area contributed by atoms with Crippen LogP contribution in [0.1, 0.15) is 0 Å². The van der Waals surface area contributed by atoms with Crippen molar-refractivity contribution in [3.63, 3.8) is 0 Å². The molecular weight excluding hydrogens is 318 g/mol. The van der Waals surface area contributed by atoms with Crippen molar-refractivity contribution < 1.29 is 35.0 Å². The van der Waals surface area contributed by atoms with Crippen LogP contribution in [0.3, 0.4) is 0 Å². The second-order valence-corrected chi connectivity index (χ2v) is 5.85. The number of aliphatic hydroxyl groups excluding tert-OH is 4. The van der Waals surface area contributed by atoms with E-state index in [1.54, 1.807) is 7.05 Å². The largest absolute Gasteiger partial charge is 0.508 e. The van der Waals surface area contributed by atoms with Crippen molar-refractivity contribution in [3.8, 4) is 11.5 Å². The van der Waals surface area contributed by atoms with E-state index < -0.39 is 43.0 Å². The minimum Gasteiger partial charge on any atom is -0.508 e. The van der Waals surface area contributed by atoms with Gasteiger partial charge in [-0.05, 0) is 31.3 Å². The zero-order valence-corrected chi connectivity index (χ0v) is 13.4. The quantitative estimate of drug-likeness (QED) is 0.252. The van der Waals surface area contributed by atoms with Gasteiger partial charge in [0.05, 0.1) is 25.2 Å². The van der Waals surface area contributed by atoms with Crippen LogP contribution in [0.2, 0.25) is 0 Å². The molecule has 0 amide bonds. The molecule has 0 aliphatic heterocycles. The van der Waals surface area contributed by atoms with Gasteiger partial charge in [0, 0.05) is 12.5 Å². The molecule has 1 fully saturated rings. The summed E-state index contributed by atoms with van der Waals surface area (Å²) in [5.74, 6) is -1.34. The topological polar surface area (TPSA) is 132 Å². The SMILES string of the molecule is CNCCOC(O)C1C(O)C(CO)C(Oc2ccc(O)cc2)C1O. The Morgan fingerprint density at radius 2 is 1.83 bits per heavy atom. The van der Waals surface area contributed by atoms with Crippen LogP contribution in [0.5, 0.6) is 11.5 Å². The Morgan fingerprint density at radius 3 is 2.42 bits per heavy atom. The fourth-order valence-electron chi connectivity index (χ4n) is 2.94. The van der Waals surface area contributed by atoms with Gasteiger partial charge in [0.2, 0.25) is 0 Å². The number of hydrogen-bond acceptors (Lipinski definition) is 8.